The van der Waals surface area contributed by atoms with Gasteiger partial charge in [0.05, 0.1) is 5.69 Å². The second-order valence-electron chi connectivity index (χ2n) is 6.83. The van der Waals surface area contributed by atoms with E-state index in [4.69, 9.17) is 27.4 Å². The molecule has 0 N–H and O–H groups in total. The molecule has 0 aliphatic carbocycles. The molecule has 0 saturated carbocycles. The fourth-order valence-electron chi connectivity index (χ4n) is 3.12. The van der Waals surface area contributed by atoms with E-state index >= 15 is 0 Å². The molecule has 0 radical (unpaired) electrons. The van der Waals surface area contributed by atoms with Crippen molar-refractivity contribution in [2.45, 2.75) is 11.8 Å². The van der Waals surface area contributed by atoms with Gasteiger partial charge in [0.1, 0.15) is 4.90 Å². The minimum atomic E-state index is -4.06. The van der Waals surface area contributed by atoms with Gasteiger partial charge in [0.25, 0.3) is 0 Å². The zero-order valence-corrected chi connectivity index (χ0v) is 18.7. The first-order valence-electron chi connectivity index (χ1n) is 9.36. The number of nitrogens with zero attached hydrogens (tertiary/aromatic N) is 1. The van der Waals surface area contributed by atoms with Gasteiger partial charge >= 0.3 is 10.1 Å². The highest BCUT2D eigenvalue weighted by Gasteiger charge is 2.19. The van der Waals surface area contributed by atoms with Gasteiger partial charge in [-0.05, 0) is 65.7 Å². The number of halogens is 2. The van der Waals surface area contributed by atoms with Crippen LogP contribution in [0.2, 0.25) is 10.0 Å². The van der Waals surface area contributed by atoms with Gasteiger partial charge in [-0.2, -0.15) is 8.42 Å². The Morgan fingerprint density at radius 2 is 1.61 bits per heavy atom. The summed E-state index contributed by atoms with van der Waals surface area (Å²) in [7, 11) is -4.06. The molecule has 7 heteroatoms. The average molecular weight is 470 g/mol. The first kappa shape index (κ1) is 21.4. The molecular weight excluding hydrogens is 453 g/mol. The molecule has 0 spiro atoms. The monoisotopic (exact) mass is 469 g/mol. The molecule has 0 heterocycles. The van der Waals surface area contributed by atoms with Crippen molar-refractivity contribution >= 4 is 56.0 Å². The van der Waals surface area contributed by atoms with Gasteiger partial charge < -0.3 is 4.18 Å². The van der Waals surface area contributed by atoms with Crippen molar-refractivity contribution in [2.24, 2.45) is 4.99 Å². The molecule has 0 aliphatic heterocycles. The molecule has 0 fully saturated rings. The highest BCUT2D eigenvalue weighted by molar-refractivity contribution is 7.87. The van der Waals surface area contributed by atoms with Gasteiger partial charge in [0, 0.05) is 21.8 Å². The maximum absolute atomic E-state index is 12.8. The SMILES string of the molecule is Cc1c(Cl)cccc1N=Cc1c(OS(=O)(=O)c2ccc(Cl)cc2)ccc2ccccc12. The summed E-state index contributed by atoms with van der Waals surface area (Å²) in [6, 6.07) is 22.3. The summed E-state index contributed by atoms with van der Waals surface area (Å²) in [4.78, 5) is 4.57. The minimum absolute atomic E-state index is 0.0126. The Labute approximate surface area is 190 Å². The fourth-order valence-corrected chi connectivity index (χ4v) is 4.36. The summed E-state index contributed by atoms with van der Waals surface area (Å²) in [6.07, 6.45) is 1.60. The zero-order valence-electron chi connectivity index (χ0n) is 16.4. The van der Waals surface area contributed by atoms with Crippen molar-refractivity contribution in [2.75, 3.05) is 0 Å². The highest BCUT2D eigenvalue weighted by atomic mass is 35.5. The molecule has 0 amide bonds. The van der Waals surface area contributed by atoms with Gasteiger partial charge in [-0.1, -0.05) is 59.6 Å². The van der Waals surface area contributed by atoms with Crippen molar-refractivity contribution in [1.29, 1.82) is 0 Å². The summed E-state index contributed by atoms with van der Waals surface area (Å²) in [5, 5.41) is 2.79. The zero-order chi connectivity index (χ0) is 22.0. The van der Waals surface area contributed by atoms with Crippen LogP contribution in [0.15, 0.2) is 88.8 Å². The maximum atomic E-state index is 12.8. The van der Waals surface area contributed by atoms with Crippen LogP contribution >= 0.6 is 23.2 Å². The summed E-state index contributed by atoms with van der Waals surface area (Å²) in [5.41, 5.74) is 2.07. The van der Waals surface area contributed by atoms with E-state index in [2.05, 4.69) is 4.99 Å². The van der Waals surface area contributed by atoms with Crippen LogP contribution in [0.5, 0.6) is 5.75 Å². The summed E-state index contributed by atoms with van der Waals surface area (Å²) >= 11 is 12.1. The van der Waals surface area contributed by atoms with Crippen molar-refractivity contribution in [3.63, 3.8) is 0 Å². The Hall–Kier alpha value is -2.86. The number of fused-ring (bicyclic) bond motifs is 1. The van der Waals surface area contributed by atoms with Crippen molar-refractivity contribution in [3.8, 4) is 5.75 Å². The lowest BCUT2D eigenvalue weighted by molar-refractivity contribution is 0.486. The van der Waals surface area contributed by atoms with Gasteiger partial charge in [-0.15, -0.1) is 0 Å². The van der Waals surface area contributed by atoms with E-state index in [1.807, 2.05) is 49.4 Å². The quantitative estimate of drug-likeness (QED) is 0.234. The van der Waals surface area contributed by atoms with E-state index in [1.165, 1.54) is 24.3 Å². The van der Waals surface area contributed by atoms with Crippen LogP contribution in [0.1, 0.15) is 11.1 Å². The first-order valence-corrected chi connectivity index (χ1v) is 11.5. The summed E-state index contributed by atoms with van der Waals surface area (Å²) < 4.78 is 31.2. The number of hydrogen-bond donors (Lipinski definition) is 0. The lowest BCUT2D eigenvalue weighted by Gasteiger charge is -2.12. The molecule has 4 nitrogen and oxygen atoms in total. The van der Waals surface area contributed by atoms with Gasteiger partial charge in [-0.3, -0.25) is 4.99 Å². The van der Waals surface area contributed by atoms with E-state index in [0.29, 0.717) is 21.3 Å². The standard InChI is InChI=1S/C24H17Cl2NO3S/c1-16-22(26)7-4-8-23(16)27-15-21-20-6-3-2-5-17(20)9-14-24(21)30-31(28,29)19-12-10-18(25)11-13-19/h2-15H,1H3. The second kappa shape index (κ2) is 8.71. The van der Waals surface area contributed by atoms with Crippen LogP contribution in [0.3, 0.4) is 0 Å². The smallest absolute Gasteiger partial charge is 0.339 e. The lowest BCUT2D eigenvalue weighted by atomic mass is 10.0. The Morgan fingerprint density at radius 3 is 2.39 bits per heavy atom. The van der Waals surface area contributed by atoms with Gasteiger partial charge in [0.15, 0.2) is 5.75 Å². The van der Waals surface area contributed by atoms with Crippen molar-refractivity contribution in [3.05, 3.63) is 100 Å². The van der Waals surface area contributed by atoms with E-state index in [9.17, 15) is 8.42 Å². The largest absolute Gasteiger partial charge is 0.378 e. The predicted octanol–water partition coefficient (Wildman–Crippen LogP) is 6.97. The molecule has 4 aromatic rings. The Kier molecular flexibility index (Phi) is 6.01. The van der Waals surface area contributed by atoms with Gasteiger partial charge in [-0.25, -0.2) is 0 Å². The third kappa shape index (κ3) is 4.59. The summed E-state index contributed by atoms with van der Waals surface area (Å²) in [5.74, 6) is 0.178. The predicted molar refractivity (Wildman–Crippen MR) is 127 cm³/mol. The van der Waals surface area contributed by atoms with Gasteiger partial charge in [0.2, 0.25) is 0 Å². The molecule has 0 aliphatic rings. The van der Waals surface area contributed by atoms with E-state index in [-0.39, 0.29) is 10.6 Å². The number of hydrogen-bond acceptors (Lipinski definition) is 4. The lowest BCUT2D eigenvalue weighted by Crippen LogP contribution is -2.11. The van der Waals surface area contributed by atoms with Crippen LogP contribution in [0, 0.1) is 6.92 Å². The average Bonchev–Trinajstić information content (AvgIpc) is 2.75. The normalized spacial score (nSPS) is 11.8. The van der Waals surface area contributed by atoms with E-state index in [0.717, 1.165) is 16.3 Å². The molecular formula is C24H17Cl2NO3S. The minimum Gasteiger partial charge on any atom is -0.378 e. The molecule has 0 unspecified atom stereocenters. The third-order valence-corrected chi connectivity index (χ3v) is 6.71. The van der Waals surface area contributed by atoms with Crippen LogP contribution in [0.25, 0.3) is 10.8 Å². The van der Waals surface area contributed by atoms with Crippen molar-refractivity contribution in [1.82, 2.24) is 0 Å². The maximum Gasteiger partial charge on any atom is 0.339 e. The molecule has 4 rings (SSSR count). The number of aliphatic imine (C=N–C) groups is 1. The second-order valence-corrected chi connectivity index (χ2v) is 9.22. The molecule has 4 aromatic carbocycles. The van der Waals surface area contributed by atoms with Crippen LogP contribution < -0.4 is 4.18 Å². The van der Waals surface area contributed by atoms with Crippen LogP contribution in [0.4, 0.5) is 5.69 Å². The molecule has 0 bridgehead atoms. The molecule has 156 valence electrons. The van der Waals surface area contributed by atoms with E-state index < -0.39 is 10.1 Å². The molecule has 31 heavy (non-hydrogen) atoms. The van der Waals surface area contributed by atoms with Crippen LogP contribution in [-0.4, -0.2) is 14.6 Å². The fraction of sp³-hybridized carbons (Fsp3) is 0.0417. The Morgan fingerprint density at radius 1 is 0.871 bits per heavy atom. The Bertz CT molecular complexity index is 1400. The first-order chi connectivity index (χ1) is 14.8. The Balaban J connectivity index is 1.81. The molecule has 0 atom stereocenters. The number of rotatable bonds is 5. The van der Waals surface area contributed by atoms with Crippen LogP contribution in [-0.2, 0) is 10.1 Å². The van der Waals surface area contributed by atoms with Crippen molar-refractivity contribution < 1.29 is 12.6 Å². The third-order valence-electron chi connectivity index (χ3n) is 4.80. The highest BCUT2D eigenvalue weighted by Crippen LogP contribution is 2.31. The molecule has 0 saturated heterocycles. The molecule has 0 aromatic heterocycles. The summed E-state index contributed by atoms with van der Waals surface area (Å²) in [6.45, 7) is 1.88. The number of benzene rings is 4. The topological polar surface area (TPSA) is 55.7 Å². The van der Waals surface area contributed by atoms with E-state index in [1.54, 1.807) is 18.3 Å².